The molecule has 1 aromatic heterocycles. The number of aryl methyl sites for hydroxylation is 1. The highest BCUT2D eigenvalue weighted by molar-refractivity contribution is 7.11. The number of thiazole rings is 1. The van der Waals surface area contributed by atoms with Crippen LogP contribution in [0, 0.1) is 5.92 Å². The SMILES string of the molecule is CCc1cnc(CNC(=O)C2CC3CCCCC3N2)s1.Cl.Cl. The summed E-state index contributed by atoms with van der Waals surface area (Å²) in [6.45, 7) is 2.69. The predicted molar refractivity (Wildman–Crippen MR) is 95.1 cm³/mol. The molecule has 126 valence electrons. The first-order valence-electron chi connectivity index (χ1n) is 7.73. The van der Waals surface area contributed by atoms with Gasteiger partial charge in [-0.2, -0.15) is 0 Å². The number of nitrogens with one attached hydrogen (secondary N) is 2. The molecule has 1 saturated carbocycles. The van der Waals surface area contributed by atoms with Gasteiger partial charge in [0.25, 0.3) is 0 Å². The molecule has 0 spiro atoms. The number of rotatable bonds is 4. The van der Waals surface area contributed by atoms with Gasteiger partial charge in [-0.1, -0.05) is 19.8 Å². The molecule has 2 fully saturated rings. The van der Waals surface area contributed by atoms with E-state index in [1.807, 2.05) is 6.20 Å². The second-order valence-electron chi connectivity index (χ2n) is 5.90. The molecule has 2 N–H and O–H groups in total. The van der Waals surface area contributed by atoms with Crippen molar-refractivity contribution in [2.75, 3.05) is 0 Å². The molecule has 1 saturated heterocycles. The third-order valence-corrected chi connectivity index (χ3v) is 5.68. The molecule has 4 nitrogen and oxygen atoms in total. The summed E-state index contributed by atoms with van der Waals surface area (Å²) in [5, 5.41) is 7.56. The maximum Gasteiger partial charge on any atom is 0.237 e. The normalized spacial score (nSPS) is 26.5. The number of hydrogen-bond donors (Lipinski definition) is 2. The Morgan fingerprint density at radius 3 is 2.86 bits per heavy atom. The number of amides is 1. The first-order valence-corrected chi connectivity index (χ1v) is 8.55. The summed E-state index contributed by atoms with van der Waals surface area (Å²) in [6.07, 6.45) is 9.09. The van der Waals surface area contributed by atoms with Crippen LogP contribution in [0.25, 0.3) is 0 Å². The van der Waals surface area contributed by atoms with Crippen LogP contribution in [0.2, 0.25) is 0 Å². The number of fused-ring (bicyclic) bond motifs is 1. The van der Waals surface area contributed by atoms with Crippen molar-refractivity contribution in [3.8, 4) is 0 Å². The molecule has 0 bridgehead atoms. The van der Waals surface area contributed by atoms with Crippen molar-refractivity contribution in [1.82, 2.24) is 15.6 Å². The highest BCUT2D eigenvalue weighted by atomic mass is 35.5. The minimum Gasteiger partial charge on any atom is -0.348 e. The molecule has 3 atom stereocenters. The lowest BCUT2D eigenvalue weighted by Gasteiger charge is -2.24. The van der Waals surface area contributed by atoms with Crippen LogP contribution < -0.4 is 10.6 Å². The van der Waals surface area contributed by atoms with Crippen molar-refractivity contribution in [2.24, 2.45) is 5.92 Å². The molecule has 1 amide bonds. The van der Waals surface area contributed by atoms with Gasteiger partial charge in [0, 0.05) is 17.1 Å². The topological polar surface area (TPSA) is 54.0 Å². The number of carbonyl (C=O) groups excluding carboxylic acids is 1. The number of hydrogen-bond acceptors (Lipinski definition) is 4. The molecular weight excluding hydrogens is 341 g/mol. The van der Waals surface area contributed by atoms with Crippen LogP contribution in [-0.2, 0) is 17.8 Å². The fourth-order valence-electron chi connectivity index (χ4n) is 3.40. The molecule has 7 heteroatoms. The van der Waals surface area contributed by atoms with Crippen molar-refractivity contribution in [3.63, 3.8) is 0 Å². The number of carbonyl (C=O) groups is 1. The zero-order chi connectivity index (χ0) is 13.9. The van der Waals surface area contributed by atoms with E-state index < -0.39 is 0 Å². The van der Waals surface area contributed by atoms with E-state index in [1.54, 1.807) is 11.3 Å². The van der Waals surface area contributed by atoms with Gasteiger partial charge in [0.05, 0.1) is 12.6 Å². The van der Waals surface area contributed by atoms with E-state index in [1.165, 1.54) is 30.6 Å². The van der Waals surface area contributed by atoms with Crippen molar-refractivity contribution < 1.29 is 4.79 Å². The third-order valence-electron chi connectivity index (χ3n) is 4.54. The Labute approximate surface area is 148 Å². The number of halogens is 2. The first-order chi connectivity index (χ1) is 9.76. The van der Waals surface area contributed by atoms with Crippen LogP contribution in [0.15, 0.2) is 6.20 Å². The van der Waals surface area contributed by atoms with Gasteiger partial charge < -0.3 is 10.6 Å². The number of aromatic nitrogens is 1. The van der Waals surface area contributed by atoms with Gasteiger partial charge in [0.2, 0.25) is 5.91 Å². The fourth-order valence-corrected chi connectivity index (χ4v) is 4.20. The van der Waals surface area contributed by atoms with E-state index in [0.29, 0.717) is 18.5 Å². The molecule has 0 radical (unpaired) electrons. The second kappa shape index (κ2) is 9.06. The Hall–Kier alpha value is -0.360. The fraction of sp³-hybridized carbons (Fsp3) is 0.733. The Kier molecular flexibility index (Phi) is 8.11. The van der Waals surface area contributed by atoms with Gasteiger partial charge in [-0.25, -0.2) is 4.98 Å². The minimum atomic E-state index is 0. The maximum absolute atomic E-state index is 12.2. The largest absolute Gasteiger partial charge is 0.348 e. The van der Waals surface area contributed by atoms with Crippen molar-refractivity contribution in [1.29, 1.82) is 0 Å². The molecule has 1 aliphatic carbocycles. The molecule has 2 heterocycles. The van der Waals surface area contributed by atoms with Gasteiger partial charge in [0.15, 0.2) is 0 Å². The molecule has 0 aromatic carbocycles. The van der Waals surface area contributed by atoms with E-state index >= 15 is 0 Å². The molecule has 22 heavy (non-hydrogen) atoms. The Balaban J connectivity index is 0.00000121. The third kappa shape index (κ3) is 4.57. The Morgan fingerprint density at radius 1 is 1.41 bits per heavy atom. The standard InChI is InChI=1S/C15H23N3OS.2ClH/c1-2-11-8-16-14(20-11)9-17-15(19)13-7-10-5-3-4-6-12(10)18-13;;/h8,10,12-13,18H,2-7,9H2,1H3,(H,17,19);2*1H. The summed E-state index contributed by atoms with van der Waals surface area (Å²) < 4.78 is 0. The zero-order valence-electron chi connectivity index (χ0n) is 12.8. The van der Waals surface area contributed by atoms with Crippen molar-refractivity contribution >= 4 is 42.1 Å². The van der Waals surface area contributed by atoms with Gasteiger partial charge in [0.1, 0.15) is 5.01 Å². The van der Waals surface area contributed by atoms with Gasteiger partial charge in [-0.3, -0.25) is 4.79 Å². The molecule has 1 aliphatic heterocycles. The van der Waals surface area contributed by atoms with E-state index in [0.717, 1.165) is 17.8 Å². The minimum absolute atomic E-state index is 0. The van der Waals surface area contributed by atoms with Gasteiger partial charge >= 0.3 is 0 Å². The number of nitrogens with zero attached hydrogens (tertiary/aromatic N) is 1. The van der Waals surface area contributed by atoms with Crippen molar-refractivity contribution in [2.45, 2.75) is 64.1 Å². The Morgan fingerprint density at radius 2 is 2.18 bits per heavy atom. The zero-order valence-corrected chi connectivity index (χ0v) is 15.3. The highest BCUT2D eigenvalue weighted by Gasteiger charge is 2.37. The van der Waals surface area contributed by atoms with E-state index in [9.17, 15) is 4.79 Å². The lowest BCUT2D eigenvalue weighted by molar-refractivity contribution is -0.123. The van der Waals surface area contributed by atoms with Gasteiger partial charge in [-0.15, -0.1) is 36.2 Å². The second-order valence-corrected chi connectivity index (χ2v) is 7.10. The lowest BCUT2D eigenvalue weighted by Crippen LogP contribution is -2.42. The van der Waals surface area contributed by atoms with Crippen LogP contribution in [0.5, 0.6) is 0 Å². The summed E-state index contributed by atoms with van der Waals surface area (Å²) in [6, 6.07) is 0.583. The average Bonchev–Trinajstić information content (AvgIpc) is 3.10. The molecule has 3 rings (SSSR count). The van der Waals surface area contributed by atoms with Crippen LogP contribution in [0.3, 0.4) is 0 Å². The van der Waals surface area contributed by atoms with E-state index in [-0.39, 0.29) is 36.8 Å². The van der Waals surface area contributed by atoms with Crippen LogP contribution in [0.4, 0.5) is 0 Å². The van der Waals surface area contributed by atoms with Crippen LogP contribution >= 0.6 is 36.2 Å². The van der Waals surface area contributed by atoms with Crippen LogP contribution in [-0.4, -0.2) is 23.0 Å². The summed E-state index contributed by atoms with van der Waals surface area (Å²) in [5.74, 6) is 0.860. The summed E-state index contributed by atoms with van der Waals surface area (Å²) in [4.78, 5) is 17.9. The summed E-state index contributed by atoms with van der Waals surface area (Å²) in [5.41, 5.74) is 0. The van der Waals surface area contributed by atoms with Crippen LogP contribution in [0.1, 0.15) is 48.9 Å². The van der Waals surface area contributed by atoms with Gasteiger partial charge in [-0.05, 0) is 31.6 Å². The van der Waals surface area contributed by atoms with Crippen molar-refractivity contribution in [3.05, 3.63) is 16.1 Å². The smallest absolute Gasteiger partial charge is 0.237 e. The lowest BCUT2D eigenvalue weighted by atomic mass is 9.85. The summed E-state index contributed by atoms with van der Waals surface area (Å²) >= 11 is 1.69. The monoisotopic (exact) mass is 365 g/mol. The molecule has 1 aromatic rings. The average molecular weight is 366 g/mol. The Bertz CT molecular complexity index is 469. The predicted octanol–water partition coefficient (Wildman–Crippen LogP) is 3.09. The quantitative estimate of drug-likeness (QED) is 0.861. The molecule has 3 unspecified atom stereocenters. The van der Waals surface area contributed by atoms with E-state index in [4.69, 9.17) is 0 Å². The first kappa shape index (κ1) is 19.7. The highest BCUT2D eigenvalue weighted by Crippen LogP contribution is 2.33. The summed E-state index contributed by atoms with van der Waals surface area (Å²) in [7, 11) is 0. The molecular formula is C15H25Cl2N3OS. The van der Waals surface area contributed by atoms with E-state index in [2.05, 4.69) is 22.5 Å². The molecule has 2 aliphatic rings. The maximum atomic E-state index is 12.2.